The van der Waals surface area contributed by atoms with Gasteiger partial charge in [0.25, 0.3) is 0 Å². The molecule has 92 valence electrons. The highest BCUT2D eigenvalue weighted by molar-refractivity contribution is 7.99. The number of thioether (sulfide) groups is 1. The maximum absolute atomic E-state index is 10.6. The summed E-state index contributed by atoms with van der Waals surface area (Å²) in [5.41, 5.74) is 0.589. The van der Waals surface area contributed by atoms with E-state index in [-0.39, 0.29) is 5.24 Å². The minimum atomic E-state index is -0.194. The SMILES string of the molecule is CC1(C)[C@H]2CC[C@@H](CSCCC(=O)Cl)[C@H]1C2. The molecule has 3 fully saturated rings. The van der Waals surface area contributed by atoms with Crippen molar-refractivity contribution >= 4 is 28.6 Å². The lowest BCUT2D eigenvalue weighted by Gasteiger charge is -2.60. The molecule has 0 aromatic carbocycles. The van der Waals surface area contributed by atoms with E-state index in [4.69, 9.17) is 11.6 Å². The van der Waals surface area contributed by atoms with E-state index in [1.54, 1.807) is 0 Å². The van der Waals surface area contributed by atoms with Gasteiger partial charge in [0.2, 0.25) is 5.24 Å². The van der Waals surface area contributed by atoms with Gasteiger partial charge >= 0.3 is 0 Å². The first-order valence-corrected chi connectivity index (χ1v) is 7.81. The normalized spacial score (nSPS) is 35.6. The van der Waals surface area contributed by atoms with Gasteiger partial charge in [-0.2, -0.15) is 11.8 Å². The summed E-state index contributed by atoms with van der Waals surface area (Å²) < 4.78 is 0. The third-order valence-electron chi connectivity index (χ3n) is 4.78. The molecule has 3 rings (SSSR count). The maximum atomic E-state index is 10.6. The van der Waals surface area contributed by atoms with Crippen LogP contribution >= 0.6 is 23.4 Å². The van der Waals surface area contributed by atoms with Gasteiger partial charge in [-0.05, 0) is 59.8 Å². The van der Waals surface area contributed by atoms with Crippen LogP contribution in [0.4, 0.5) is 0 Å². The summed E-state index contributed by atoms with van der Waals surface area (Å²) in [5, 5.41) is -0.194. The fourth-order valence-corrected chi connectivity index (χ4v) is 4.95. The van der Waals surface area contributed by atoms with Gasteiger partial charge in [0, 0.05) is 12.2 Å². The van der Waals surface area contributed by atoms with Crippen molar-refractivity contribution in [2.75, 3.05) is 11.5 Å². The quantitative estimate of drug-likeness (QED) is 0.550. The van der Waals surface area contributed by atoms with E-state index in [0.717, 1.165) is 23.5 Å². The first kappa shape index (κ1) is 12.8. The number of fused-ring (bicyclic) bond motifs is 2. The molecule has 0 spiro atoms. The zero-order chi connectivity index (χ0) is 11.8. The van der Waals surface area contributed by atoms with Crippen molar-refractivity contribution < 1.29 is 4.79 Å². The molecule has 3 saturated carbocycles. The summed E-state index contributed by atoms with van der Waals surface area (Å²) in [7, 11) is 0. The number of carbonyl (C=O) groups excluding carboxylic acids is 1. The van der Waals surface area contributed by atoms with Crippen molar-refractivity contribution in [2.45, 2.75) is 39.5 Å². The molecule has 0 aromatic heterocycles. The molecule has 3 atom stereocenters. The second kappa shape index (κ2) is 4.89. The number of carbonyl (C=O) groups is 1. The van der Waals surface area contributed by atoms with Crippen molar-refractivity contribution in [3.63, 3.8) is 0 Å². The molecule has 16 heavy (non-hydrogen) atoms. The Balaban J connectivity index is 1.72. The van der Waals surface area contributed by atoms with Crippen LogP contribution in [0.15, 0.2) is 0 Å². The van der Waals surface area contributed by atoms with Crippen LogP contribution < -0.4 is 0 Å². The summed E-state index contributed by atoms with van der Waals surface area (Å²) in [4.78, 5) is 10.6. The molecule has 0 unspecified atom stereocenters. The van der Waals surface area contributed by atoms with E-state index in [0.29, 0.717) is 11.8 Å². The monoisotopic (exact) mass is 260 g/mol. The van der Waals surface area contributed by atoms with Gasteiger partial charge in [0.05, 0.1) is 0 Å². The van der Waals surface area contributed by atoms with E-state index < -0.39 is 0 Å². The third kappa shape index (κ3) is 2.43. The first-order chi connectivity index (χ1) is 7.51. The highest BCUT2D eigenvalue weighted by atomic mass is 35.5. The van der Waals surface area contributed by atoms with Crippen LogP contribution in [0.2, 0.25) is 0 Å². The summed E-state index contributed by atoms with van der Waals surface area (Å²) in [6.45, 7) is 4.87. The summed E-state index contributed by atoms with van der Waals surface area (Å²) in [5.74, 6) is 4.93. The lowest BCUT2D eigenvalue weighted by molar-refractivity contribution is -0.111. The molecule has 0 saturated heterocycles. The molecule has 0 radical (unpaired) electrons. The number of halogens is 1. The Labute approximate surface area is 108 Å². The van der Waals surface area contributed by atoms with Crippen molar-refractivity contribution in [1.82, 2.24) is 0 Å². The summed E-state index contributed by atoms with van der Waals surface area (Å²) >= 11 is 7.24. The van der Waals surface area contributed by atoms with Crippen LogP contribution in [0, 0.1) is 23.2 Å². The molecule has 0 aromatic rings. The van der Waals surface area contributed by atoms with Crippen molar-refractivity contribution in [3.8, 4) is 0 Å². The van der Waals surface area contributed by atoms with Gasteiger partial charge in [-0.15, -0.1) is 0 Å². The van der Waals surface area contributed by atoms with Gasteiger partial charge in [-0.3, -0.25) is 4.79 Å². The highest BCUT2D eigenvalue weighted by Crippen LogP contribution is 2.61. The lowest BCUT2D eigenvalue weighted by Crippen LogP contribution is -2.52. The second-order valence-corrected chi connectivity index (χ2v) is 7.45. The van der Waals surface area contributed by atoms with Crippen LogP contribution in [0.25, 0.3) is 0 Å². The Morgan fingerprint density at radius 3 is 2.75 bits per heavy atom. The maximum Gasteiger partial charge on any atom is 0.222 e. The van der Waals surface area contributed by atoms with Gasteiger partial charge in [0.15, 0.2) is 0 Å². The molecule has 1 nitrogen and oxygen atoms in total. The van der Waals surface area contributed by atoms with E-state index in [2.05, 4.69) is 13.8 Å². The molecule has 3 heteroatoms. The zero-order valence-electron chi connectivity index (χ0n) is 10.2. The van der Waals surface area contributed by atoms with E-state index >= 15 is 0 Å². The van der Waals surface area contributed by atoms with Gasteiger partial charge in [-0.25, -0.2) is 0 Å². The van der Waals surface area contributed by atoms with Gasteiger partial charge in [0.1, 0.15) is 0 Å². The molecule has 3 aliphatic carbocycles. The van der Waals surface area contributed by atoms with Crippen molar-refractivity contribution in [1.29, 1.82) is 0 Å². The lowest BCUT2D eigenvalue weighted by atomic mass is 9.46. The highest BCUT2D eigenvalue weighted by Gasteiger charge is 2.53. The van der Waals surface area contributed by atoms with E-state index in [9.17, 15) is 4.79 Å². The molecular weight excluding hydrogens is 240 g/mol. The van der Waals surface area contributed by atoms with Gasteiger partial charge < -0.3 is 0 Å². The van der Waals surface area contributed by atoms with Crippen molar-refractivity contribution in [2.24, 2.45) is 23.2 Å². The van der Waals surface area contributed by atoms with Crippen LogP contribution in [0.5, 0.6) is 0 Å². The topological polar surface area (TPSA) is 17.1 Å². The predicted molar refractivity (Wildman–Crippen MR) is 70.9 cm³/mol. The predicted octanol–water partition coefficient (Wildman–Crippen LogP) is 3.95. The van der Waals surface area contributed by atoms with Crippen LogP contribution in [0.1, 0.15) is 39.5 Å². The van der Waals surface area contributed by atoms with Crippen molar-refractivity contribution in [3.05, 3.63) is 0 Å². The zero-order valence-corrected chi connectivity index (χ0v) is 11.7. The molecule has 2 bridgehead atoms. The van der Waals surface area contributed by atoms with Crippen LogP contribution in [0.3, 0.4) is 0 Å². The Morgan fingerprint density at radius 1 is 1.44 bits per heavy atom. The number of hydrogen-bond acceptors (Lipinski definition) is 2. The average Bonchev–Trinajstić information content (AvgIpc) is 2.24. The molecule has 0 heterocycles. The fourth-order valence-electron chi connectivity index (χ4n) is 3.55. The minimum absolute atomic E-state index is 0.194. The smallest absolute Gasteiger partial charge is 0.222 e. The van der Waals surface area contributed by atoms with Crippen LogP contribution in [-0.4, -0.2) is 16.7 Å². The molecule has 0 N–H and O–H groups in total. The van der Waals surface area contributed by atoms with E-state index in [1.807, 2.05) is 11.8 Å². The third-order valence-corrected chi connectivity index (χ3v) is 6.12. The molecule has 0 aliphatic heterocycles. The molecule has 3 aliphatic rings. The first-order valence-electron chi connectivity index (χ1n) is 6.28. The average molecular weight is 261 g/mol. The van der Waals surface area contributed by atoms with Gasteiger partial charge in [-0.1, -0.05) is 13.8 Å². The Morgan fingerprint density at radius 2 is 2.19 bits per heavy atom. The Hall–Kier alpha value is 0.310. The molecular formula is C13H21ClOS. The largest absolute Gasteiger partial charge is 0.281 e. The van der Waals surface area contributed by atoms with E-state index in [1.165, 1.54) is 25.0 Å². The number of rotatable bonds is 5. The molecule has 0 amide bonds. The minimum Gasteiger partial charge on any atom is -0.281 e. The number of hydrogen-bond donors (Lipinski definition) is 0. The standard InChI is InChI=1S/C13H21ClOS/c1-13(2)10-4-3-9(11(13)7-10)8-16-6-5-12(14)15/h9-11H,3-8H2,1-2H3/t9-,10-,11+/m0/s1. The Bertz CT molecular complexity index is 275. The summed E-state index contributed by atoms with van der Waals surface area (Å²) in [6, 6.07) is 0. The fraction of sp³-hybridized carbons (Fsp3) is 0.923. The second-order valence-electron chi connectivity index (χ2n) is 5.88. The summed E-state index contributed by atoms with van der Waals surface area (Å²) in [6.07, 6.45) is 4.80. The Kier molecular flexibility index (Phi) is 3.90. The van der Waals surface area contributed by atoms with Crippen LogP contribution in [-0.2, 0) is 4.79 Å².